The van der Waals surface area contributed by atoms with E-state index in [-0.39, 0.29) is 36.4 Å². The molecule has 11 heteroatoms. The first-order chi connectivity index (χ1) is 16.2. The molecule has 1 atom stereocenters. The van der Waals surface area contributed by atoms with Gasteiger partial charge in [-0.2, -0.15) is 0 Å². The molecule has 180 valence electrons. The van der Waals surface area contributed by atoms with Crippen LogP contribution in [-0.2, 0) is 11.3 Å². The zero-order valence-corrected chi connectivity index (χ0v) is 18.1. The standard InChI is InChI=1S/C23H22F3N3O5/c1-15(16-5-3-2-4-6-16)11-28-22(31)19-13-33-21(29-19)12-27-20(30)14-32-17-7-9-18(10-8-17)34-23(24,25)26/h2-10,13,15H,11-12,14H2,1H3,(H,27,30)(H,28,31)/t15-/m1/s1. The van der Waals surface area contributed by atoms with Crippen LogP contribution in [0.1, 0.15) is 34.8 Å². The van der Waals surface area contributed by atoms with Gasteiger partial charge in [0.05, 0.1) is 6.54 Å². The van der Waals surface area contributed by atoms with Gasteiger partial charge in [-0.05, 0) is 35.7 Å². The Morgan fingerprint density at radius 1 is 1.03 bits per heavy atom. The van der Waals surface area contributed by atoms with Crippen molar-refractivity contribution in [2.24, 2.45) is 0 Å². The number of halogens is 3. The predicted octanol–water partition coefficient (Wildman–Crippen LogP) is 3.80. The Balaban J connectivity index is 1.39. The van der Waals surface area contributed by atoms with Gasteiger partial charge in [-0.1, -0.05) is 37.3 Å². The first-order valence-electron chi connectivity index (χ1n) is 10.2. The number of carbonyl (C=O) groups is 2. The highest BCUT2D eigenvalue weighted by Gasteiger charge is 2.31. The van der Waals surface area contributed by atoms with E-state index in [4.69, 9.17) is 9.15 Å². The third-order valence-electron chi connectivity index (χ3n) is 4.59. The Morgan fingerprint density at radius 3 is 2.38 bits per heavy atom. The average Bonchev–Trinajstić information content (AvgIpc) is 3.29. The molecule has 0 fully saturated rings. The molecule has 0 saturated carbocycles. The molecule has 2 N–H and O–H groups in total. The van der Waals surface area contributed by atoms with Crippen LogP contribution in [0.5, 0.6) is 11.5 Å². The molecule has 0 aliphatic rings. The Morgan fingerprint density at radius 2 is 1.71 bits per heavy atom. The topological polar surface area (TPSA) is 103 Å². The third-order valence-corrected chi connectivity index (χ3v) is 4.59. The van der Waals surface area contributed by atoms with Gasteiger partial charge in [0.25, 0.3) is 11.8 Å². The molecule has 0 spiro atoms. The van der Waals surface area contributed by atoms with E-state index >= 15 is 0 Å². The van der Waals surface area contributed by atoms with E-state index in [9.17, 15) is 22.8 Å². The van der Waals surface area contributed by atoms with Crippen LogP contribution in [0.4, 0.5) is 13.2 Å². The molecular weight excluding hydrogens is 455 g/mol. The lowest BCUT2D eigenvalue weighted by Gasteiger charge is -2.12. The van der Waals surface area contributed by atoms with Gasteiger partial charge in [0.1, 0.15) is 17.8 Å². The molecule has 0 bridgehead atoms. The number of hydrogen-bond acceptors (Lipinski definition) is 6. The molecular formula is C23H22F3N3O5. The fraction of sp³-hybridized carbons (Fsp3) is 0.261. The number of alkyl halides is 3. The zero-order valence-electron chi connectivity index (χ0n) is 18.1. The number of benzene rings is 2. The summed E-state index contributed by atoms with van der Waals surface area (Å²) in [5, 5.41) is 5.30. The average molecular weight is 477 g/mol. The summed E-state index contributed by atoms with van der Waals surface area (Å²) in [5.74, 6) is -0.888. The molecule has 2 aromatic carbocycles. The number of ether oxygens (including phenoxy) is 2. The quantitative estimate of drug-likeness (QED) is 0.461. The molecule has 0 saturated heterocycles. The van der Waals surface area contributed by atoms with Gasteiger partial charge in [-0.15, -0.1) is 13.2 Å². The van der Waals surface area contributed by atoms with Crippen molar-refractivity contribution in [3.63, 3.8) is 0 Å². The largest absolute Gasteiger partial charge is 0.573 e. The van der Waals surface area contributed by atoms with Gasteiger partial charge in [0.2, 0.25) is 5.89 Å². The second-order valence-electron chi connectivity index (χ2n) is 7.23. The Bertz CT molecular complexity index is 1090. The summed E-state index contributed by atoms with van der Waals surface area (Å²) in [6.45, 7) is 1.95. The minimum atomic E-state index is -4.79. The van der Waals surface area contributed by atoms with Crippen LogP contribution in [0.25, 0.3) is 0 Å². The lowest BCUT2D eigenvalue weighted by atomic mass is 10.0. The van der Waals surface area contributed by atoms with E-state index in [1.54, 1.807) is 0 Å². The van der Waals surface area contributed by atoms with Crippen molar-refractivity contribution in [2.45, 2.75) is 25.7 Å². The van der Waals surface area contributed by atoms with Crippen molar-refractivity contribution in [2.75, 3.05) is 13.2 Å². The molecule has 1 heterocycles. The highest BCUT2D eigenvalue weighted by atomic mass is 19.4. The monoisotopic (exact) mass is 477 g/mol. The summed E-state index contributed by atoms with van der Waals surface area (Å²) in [7, 11) is 0. The smallest absolute Gasteiger partial charge is 0.484 e. The maximum Gasteiger partial charge on any atom is 0.573 e. The normalized spacial score (nSPS) is 12.0. The fourth-order valence-corrected chi connectivity index (χ4v) is 2.84. The van der Waals surface area contributed by atoms with E-state index in [2.05, 4.69) is 20.4 Å². The molecule has 3 rings (SSSR count). The van der Waals surface area contributed by atoms with E-state index in [0.717, 1.165) is 17.7 Å². The third kappa shape index (κ3) is 7.84. The number of carbonyl (C=O) groups excluding carboxylic acids is 2. The highest BCUT2D eigenvalue weighted by molar-refractivity contribution is 5.91. The van der Waals surface area contributed by atoms with Gasteiger partial charge < -0.3 is 24.5 Å². The number of hydrogen-bond donors (Lipinski definition) is 2. The molecule has 34 heavy (non-hydrogen) atoms. The number of nitrogens with zero attached hydrogens (tertiary/aromatic N) is 1. The van der Waals surface area contributed by atoms with Crippen molar-refractivity contribution in [1.82, 2.24) is 15.6 Å². The van der Waals surface area contributed by atoms with Gasteiger partial charge in [0.15, 0.2) is 12.3 Å². The summed E-state index contributed by atoms with van der Waals surface area (Å²) in [6.07, 6.45) is -3.59. The molecule has 3 aromatic rings. The first kappa shape index (κ1) is 24.6. The Hall–Kier alpha value is -4.02. The number of amides is 2. The Kier molecular flexibility index (Phi) is 8.12. The number of rotatable bonds is 10. The summed E-state index contributed by atoms with van der Waals surface area (Å²) < 4.78 is 50.7. The van der Waals surface area contributed by atoms with Crippen LogP contribution in [0.2, 0.25) is 0 Å². The number of aromatic nitrogens is 1. The molecule has 2 amide bonds. The summed E-state index contributed by atoms with van der Waals surface area (Å²) >= 11 is 0. The molecule has 0 radical (unpaired) electrons. The van der Waals surface area contributed by atoms with Gasteiger partial charge in [-0.25, -0.2) is 4.98 Å². The highest BCUT2D eigenvalue weighted by Crippen LogP contribution is 2.24. The van der Waals surface area contributed by atoms with Gasteiger partial charge >= 0.3 is 6.36 Å². The van der Waals surface area contributed by atoms with E-state index in [1.165, 1.54) is 18.4 Å². The molecule has 1 aromatic heterocycles. The minimum absolute atomic E-state index is 0.0751. The molecule has 8 nitrogen and oxygen atoms in total. The van der Waals surface area contributed by atoms with Crippen molar-refractivity contribution in [3.05, 3.63) is 78.0 Å². The SMILES string of the molecule is C[C@H](CNC(=O)c1coc(CNC(=O)COc2ccc(OC(F)(F)F)cc2)n1)c1ccccc1. The van der Waals surface area contributed by atoms with Gasteiger partial charge in [-0.3, -0.25) is 9.59 Å². The summed E-state index contributed by atoms with van der Waals surface area (Å²) in [4.78, 5) is 28.3. The van der Waals surface area contributed by atoms with Crippen LogP contribution >= 0.6 is 0 Å². The number of oxazole rings is 1. The van der Waals surface area contributed by atoms with Crippen LogP contribution in [0, 0.1) is 0 Å². The zero-order chi connectivity index (χ0) is 24.6. The van der Waals surface area contributed by atoms with Crippen LogP contribution in [-0.4, -0.2) is 36.3 Å². The maximum absolute atomic E-state index is 12.3. The van der Waals surface area contributed by atoms with Gasteiger partial charge in [0, 0.05) is 6.54 Å². The minimum Gasteiger partial charge on any atom is -0.484 e. The predicted molar refractivity (Wildman–Crippen MR) is 114 cm³/mol. The molecule has 0 aliphatic carbocycles. The summed E-state index contributed by atoms with van der Waals surface area (Å²) in [5.41, 5.74) is 1.18. The van der Waals surface area contributed by atoms with E-state index < -0.39 is 23.9 Å². The van der Waals surface area contributed by atoms with Crippen molar-refractivity contribution >= 4 is 11.8 Å². The van der Waals surface area contributed by atoms with E-state index in [0.29, 0.717) is 6.54 Å². The first-order valence-corrected chi connectivity index (χ1v) is 10.2. The Labute approximate surface area is 193 Å². The van der Waals surface area contributed by atoms with Crippen LogP contribution in [0.15, 0.2) is 65.3 Å². The second kappa shape index (κ2) is 11.2. The molecule has 0 aliphatic heterocycles. The number of nitrogens with one attached hydrogen (secondary N) is 2. The lowest BCUT2D eigenvalue weighted by molar-refractivity contribution is -0.274. The fourth-order valence-electron chi connectivity index (χ4n) is 2.84. The van der Waals surface area contributed by atoms with Crippen LogP contribution in [0.3, 0.4) is 0 Å². The summed E-state index contributed by atoms with van der Waals surface area (Å²) in [6, 6.07) is 14.4. The van der Waals surface area contributed by atoms with E-state index in [1.807, 2.05) is 37.3 Å². The maximum atomic E-state index is 12.3. The molecule has 0 unspecified atom stereocenters. The van der Waals surface area contributed by atoms with Crippen molar-refractivity contribution < 1.29 is 36.7 Å². The van der Waals surface area contributed by atoms with Crippen LogP contribution < -0.4 is 20.1 Å². The van der Waals surface area contributed by atoms with Crippen molar-refractivity contribution in [3.8, 4) is 11.5 Å². The lowest BCUT2D eigenvalue weighted by Crippen LogP contribution is -2.29. The van der Waals surface area contributed by atoms with Crippen molar-refractivity contribution in [1.29, 1.82) is 0 Å². The second-order valence-corrected chi connectivity index (χ2v) is 7.23.